The Bertz CT molecular complexity index is 760. The summed E-state index contributed by atoms with van der Waals surface area (Å²) >= 11 is 0. The summed E-state index contributed by atoms with van der Waals surface area (Å²) < 4.78 is 0. The van der Waals surface area contributed by atoms with Crippen molar-refractivity contribution in [3.8, 4) is 0 Å². The van der Waals surface area contributed by atoms with Crippen molar-refractivity contribution in [3.05, 3.63) is 69.8 Å². The van der Waals surface area contributed by atoms with E-state index < -0.39 is 0 Å². The van der Waals surface area contributed by atoms with Gasteiger partial charge in [0.25, 0.3) is 0 Å². The molecule has 0 amide bonds. The van der Waals surface area contributed by atoms with E-state index in [0.29, 0.717) is 0 Å². The Morgan fingerprint density at radius 2 is 1.67 bits per heavy atom. The zero-order valence-corrected chi connectivity index (χ0v) is 15.3. The summed E-state index contributed by atoms with van der Waals surface area (Å²) in [5.41, 5.74) is 16.9. The van der Waals surface area contributed by atoms with Crippen molar-refractivity contribution in [2.24, 2.45) is 0 Å². The van der Waals surface area contributed by atoms with Gasteiger partial charge in [-0.05, 0) is 85.9 Å². The maximum atomic E-state index is 6.06. The van der Waals surface area contributed by atoms with Gasteiger partial charge in [0.2, 0.25) is 0 Å². The third kappa shape index (κ3) is 3.40. The van der Waals surface area contributed by atoms with Crippen molar-refractivity contribution in [2.75, 3.05) is 5.73 Å². The van der Waals surface area contributed by atoms with E-state index in [-0.39, 0.29) is 0 Å². The zero-order valence-electron chi connectivity index (χ0n) is 15.3. The molecule has 1 saturated carbocycles. The van der Waals surface area contributed by atoms with Crippen molar-refractivity contribution >= 4 is 11.3 Å². The normalized spacial score (nSPS) is 14.7. The largest absolute Gasteiger partial charge is 0.399 e. The predicted octanol–water partition coefficient (Wildman–Crippen LogP) is 6.21. The molecule has 0 atom stereocenters. The maximum Gasteiger partial charge on any atom is 0.0317 e. The van der Waals surface area contributed by atoms with Gasteiger partial charge in [-0.25, -0.2) is 0 Å². The van der Waals surface area contributed by atoms with Crippen LogP contribution in [0.4, 0.5) is 5.69 Å². The summed E-state index contributed by atoms with van der Waals surface area (Å²) in [5, 5.41) is 0. The average Bonchev–Trinajstić information content (AvgIpc) is 2.60. The lowest BCUT2D eigenvalue weighted by Crippen LogP contribution is -2.04. The second-order valence-electron chi connectivity index (χ2n) is 7.13. The van der Waals surface area contributed by atoms with Crippen molar-refractivity contribution in [1.29, 1.82) is 0 Å². The highest BCUT2D eigenvalue weighted by Crippen LogP contribution is 2.38. The van der Waals surface area contributed by atoms with Crippen LogP contribution in [0.3, 0.4) is 0 Å². The Balaban J connectivity index is 2.26. The van der Waals surface area contributed by atoms with Crippen LogP contribution in [0, 0.1) is 13.8 Å². The molecule has 1 fully saturated rings. The van der Waals surface area contributed by atoms with E-state index in [2.05, 4.69) is 57.2 Å². The van der Waals surface area contributed by atoms with E-state index in [1.807, 2.05) is 0 Å². The highest BCUT2D eigenvalue weighted by Gasteiger charge is 2.18. The first kappa shape index (κ1) is 16.8. The molecular weight excluding hydrogens is 290 g/mol. The summed E-state index contributed by atoms with van der Waals surface area (Å²) in [4.78, 5) is 0. The van der Waals surface area contributed by atoms with E-state index in [4.69, 9.17) is 5.73 Å². The number of hydrogen-bond acceptors (Lipinski definition) is 1. The Kier molecular flexibility index (Phi) is 5.08. The molecule has 0 radical (unpaired) electrons. The molecule has 0 saturated heterocycles. The highest BCUT2D eigenvalue weighted by molar-refractivity contribution is 5.86. The van der Waals surface area contributed by atoms with Gasteiger partial charge < -0.3 is 5.73 Å². The second kappa shape index (κ2) is 7.25. The predicted molar refractivity (Wildman–Crippen MR) is 105 cm³/mol. The third-order valence-electron chi connectivity index (χ3n) is 5.25. The van der Waals surface area contributed by atoms with Crippen LogP contribution >= 0.6 is 0 Å². The minimum absolute atomic E-state index is 0.865. The second-order valence-corrected chi connectivity index (χ2v) is 7.13. The number of rotatable bonds is 3. The molecule has 0 spiro atoms. The monoisotopic (exact) mass is 319 g/mol. The van der Waals surface area contributed by atoms with Gasteiger partial charge >= 0.3 is 0 Å². The molecule has 2 N–H and O–H groups in total. The minimum Gasteiger partial charge on any atom is -0.399 e. The molecule has 0 aromatic heterocycles. The van der Waals surface area contributed by atoms with Crippen LogP contribution in [-0.2, 0) is 6.42 Å². The summed E-state index contributed by atoms with van der Waals surface area (Å²) in [6, 6.07) is 13.3. The number of allylic oxidation sites excluding steroid dienone is 1. The van der Waals surface area contributed by atoms with Gasteiger partial charge in [0, 0.05) is 5.69 Å². The molecule has 0 unspecified atom stereocenters. The van der Waals surface area contributed by atoms with Crippen molar-refractivity contribution in [2.45, 2.75) is 59.3 Å². The summed E-state index contributed by atoms with van der Waals surface area (Å²) in [7, 11) is 0. The lowest BCUT2D eigenvalue weighted by Gasteiger charge is -2.23. The van der Waals surface area contributed by atoms with Gasteiger partial charge in [0.1, 0.15) is 0 Å². The molecule has 24 heavy (non-hydrogen) atoms. The van der Waals surface area contributed by atoms with Crippen LogP contribution in [0.1, 0.15) is 66.8 Å². The van der Waals surface area contributed by atoms with Gasteiger partial charge in [-0.3, -0.25) is 0 Å². The van der Waals surface area contributed by atoms with Crippen molar-refractivity contribution in [3.63, 3.8) is 0 Å². The van der Waals surface area contributed by atoms with Crippen molar-refractivity contribution < 1.29 is 0 Å². The van der Waals surface area contributed by atoms with E-state index in [1.54, 1.807) is 5.57 Å². The number of anilines is 1. The molecule has 126 valence electrons. The van der Waals surface area contributed by atoms with Gasteiger partial charge in [-0.1, -0.05) is 48.7 Å². The quantitative estimate of drug-likeness (QED) is 0.668. The van der Waals surface area contributed by atoms with Crippen LogP contribution in [0.2, 0.25) is 0 Å². The third-order valence-corrected chi connectivity index (χ3v) is 5.25. The number of nitrogen functional groups attached to an aromatic ring is 1. The highest BCUT2D eigenvalue weighted by atomic mass is 14.5. The molecule has 0 bridgehead atoms. The number of benzene rings is 2. The fraction of sp³-hybridized carbons (Fsp3) is 0.391. The molecule has 1 aliphatic carbocycles. The van der Waals surface area contributed by atoms with E-state index in [0.717, 1.165) is 12.1 Å². The molecule has 2 aromatic rings. The van der Waals surface area contributed by atoms with Gasteiger partial charge in [-0.2, -0.15) is 0 Å². The van der Waals surface area contributed by atoms with Crippen LogP contribution in [0.5, 0.6) is 0 Å². The molecule has 0 heterocycles. The Hall–Kier alpha value is -2.02. The molecule has 3 rings (SSSR count). The Labute approximate surface area is 146 Å². The summed E-state index contributed by atoms with van der Waals surface area (Å²) in [5.74, 6) is 0. The number of nitrogens with two attached hydrogens (primary N) is 1. The zero-order chi connectivity index (χ0) is 17.1. The number of hydrogen-bond donors (Lipinski definition) is 1. The van der Waals surface area contributed by atoms with Crippen LogP contribution in [0.15, 0.2) is 42.0 Å². The first-order chi connectivity index (χ1) is 11.6. The van der Waals surface area contributed by atoms with Crippen molar-refractivity contribution in [1.82, 2.24) is 0 Å². The van der Waals surface area contributed by atoms with Gasteiger partial charge in [0.05, 0.1) is 0 Å². The standard InChI is InChI=1S/C23H29N/c1-4-18-15-20(24)12-13-21(18)23(19-8-6-5-7-9-19)22-14-16(2)10-11-17(22)3/h10-15H,4-9,24H2,1-3H3. The summed E-state index contributed by atoms with van der Waals surface area (Å²) in [6.45, 7) is 6.65. The van der Waals surface area contributed by atoms with E-state index in [1.165, 1.54) is 65.5 Å². The van der Waals surface area contributed by atoms with Gasteiger partial charge in [0.15, 0.2) is 0 Å². The lowest BCUT2D eigenvalue weighted by atomic mass is 9.81. The van der Waals surface area contributed by atoms with E-state index in [9.17, 15) is 0 Å². The maximum absolute atomic E-state index is 6.06. The van der Waals surface area contributed by atoms with Gasteiger partial charge in [-0.15, -0.1) is 0 Å². The van der Waals surface area contributed by atoms with E-state index >= 15 is 0 Å². The smallest absolute Gasteiger partial charge is 0.0317 e. The molecular formula is C23H29N. The fourth-order valence-electron chi connectivity index (χ4n) is 3.91. The minimum atomic E-state index is 0.865. The van der Waals surface area contributed by atoms with Crippen LogP contribution < -0.4 is 5.73 Å². The topological polar surface area (TPSA) is 26.0 Å². The summed E-state index contributed by atoms with van der Waals surface area (Å²) in [6.07, 6.45) is 7.49. The SMILES string of the molecule is CCc1cc(N)ccc1C(=C1CCCCC1)c1cc(C)ccc1C. The van der Waals surface area contributed by atoms with Crippen LogP contribution in [-0.4, -0.2) is 0 Å². The molecule has 2 aromatic carbocycles. The lowest BCUT2D eigenvalue weighted by molar-refractivity contribution is 0.601. The molecule has 1 heteroatoms. The molecule has 1 nitrogen and oxygen atoms in total. The fourth-order valence-corrected chi connectivity index (χ4v) is 3.91. The first-order valence-corrected chi connectivity index (χ1v) is 9.28. The van der Waals surface area contributed by atoms with Crippen LogP contribution in [0.25, 0.3) is 5.57 Å². The number of aryl methyl sites for hydroxylation is 3. The first-order valence-electron chi connectivity index (χ1n) is 9.28. The Morgan fingerprint density at radius 3 is 2.38 bits per heavy atom. The molecule has 0 aliphatic heterocycles. The molecule has 1 aliphatic rings. The Morgan fingerprint density at radius 1 is 0.917 bits per heavy atom. The average molecular weight is 319 g/mol.